The first-order valence-corrected chi connectivity index (χ1v) is 10.4. The van der Waals surface area contributed by atoms with Crippen LogP contribution in [0, 0.1) is 6.92 Å². The van der Waals surface area contributed by atoms with E-state index in [1.165, 1.54) is 26.4 Å². The van der Waals surface area contributed by atoms with Gasteiger partial charge in [0.1, 0.15) is 16.4 Å². The van der Waals surface area contributed by atoms with Crippen molar-refractivity contribution in [1.82, 2.24) is 9.73 Å². The van der Waals surface area contributed by atoms with Crippen molar-refractivity contribution in [1.29, 1.82) is 0 Å². The summed E-state index contributed by atoms with van der Waals surface area (Å²) in [5.41, 5.74) is 3.86. The normalized spacial score (nSPS) is 11.6. The van der Waals surface area contributed by atoms with E-state index in [0.717, 1.165) is 21.2 Å². The Bertz CT molecular complexity index is 972. The maximum Gasteiger partial charge on any atom is 0.255 e. The van der Waals surface area contributed by atoms with Gasteiger partial charge < -0.3 is 9.47 Å². The molecule has 0 bridgehead atoms. The van der Waals surface area contributed by atoms with Crippen LogP contribution in [-0.2, 0) is 14.8 Å². The van der Waals surface area contributed by atoms with Gasteiger partial charge >= 0.3 is 0 Å². The molecule has 0 aliphatic rings. The Morgan fingerprint density at radius 3 is 2.52 bits per heavy atom. The van der Waals surface area contributed by atoms with E-state index in [1.807, 2.05) is 6.92 Å². The second kappa shape index (κ2) is 10.0. The molecule has 0 aliphatic carbocycles. The van der Waals surface area contributed by atoms with Gasteiger partial charge in [0.2, 0.25) is 10.0 Å². The van der Waals surface area contributed by atoms with Crippen molar-refractivity contribution in [3.63, 3.8) is 0 Å². The van der Waals surface area contributed by atoms with Crippen LogP contribution >= 0.6 is 0 Å². The minimum atomic E-state index is -3.91. The van der Waals surface area contributed by atoms with E-state index in [-0.39, 0.29) is 17.2 Å². The maximum atomic E-state index is 12.8. The standard InChI is InChI=1S/C20H25N3O5S/c1-5-28-17-9-7-16(8-10-17)13-21-22-20(24)14-23(3)29(25,26)19-12-15(2)6-11-18(19)27-4/h6-13H,5,14H2,1-4H3,(H,22,24). The monoisotopic (exact) mass is 419 g/mol. The molecular formula is C20H25N3O5S. The molecule has 2 aromatic rings. The van der Waals surface area contributed by atoms with Gasteiger partial charge in [0, 0.05) is 7.05 Å². The van der Waals surface area contributed by atoms with Gasteiger partial charge in [0.15, 0.2) is 0 Å². The van der Waals surface area contributed by atoms with Crippen molar-refractivity contribution in [2.24, 2.45) is 5.10 Å². The van der Waals surface area contributed by atoms with Gasteiger partial charge in [-0.3, -0.25) is 4.79 Å². The molecule has 2 rings (SSSR count). The molecule has 0 radical (unpaired) electrons. The molecule has 29 heavy (non-hydrogen) atoms. The van der Waals surface area contributed by atoms with E-state index < -0.39 is 15.9 Å². The number of hydrogen-bond acceptors (Lipinski definition) is 6. The molecule has 2 aromatic carbocycles. The van der Waals surface area contributed by atoms with Gasteiger partial charge in [-0.2, -0.15) is 9.41 Å². The van der Waals surface area contributed by atoms with Gasteiger partial charge in [-0.1, -0.05) is 6.07 Å². The van der Waals surface area contributed by atoms with Crippen LogP contribution in [-0.4, -0.2) is 52.2 Å². The van der Waals surface area contributed by atoms with Crippen LogP contribution in [0.5, 0.6) is 11.5 Å². The number of sulfonamides is 1. The molecule has 156 valence electrons. The Hall–Kier alpha value is -2.91. The molecule has 0 aliphatic heterocycles. The molecule has 8 nitrogen and oxygen atoms in total. The van der Waals surface area contributed by atoms with Gasteiger partial charge in [-0.05, 0) is 61.4 Å². The lowest BCUT2D eigenvalue weighted by Crippen LogP contribution is -2.36. The number of nitrogens with zero attached hydrogens (tertiary/aromatic N) is 2. The van der Waals surface area contributed by atoms with E-state index >= 15 is 0 Å². The van der Waals surface area contributed by atoms with Crippen molar-refractivity contribution in [2.75, 3.05) is 27.3 Å². The number of hydrogen-bond donors (Lipinski definition) is 1. The summed E-state index contributed by atoms with van der Waals surface area (Å²) in [6.45, 7) is 3.87. The van der Waals surface area contributed by atoms with Crippen LogP contribution in [0.2, 0.25) is 0 Å². The highest BCUT2D eigenvalue weighted by Gasteiger charge is 2.26. The number of hydrazone groups is 1. The van der Waals surface area contributed by atoms with Gasteiger partial charge in [-0.15, -0.1) is 0 Å². The largest absolute Gasteiger partial charge is 0.495 e. The fourth-order valence-electron chi connectivity index (χ4n) is 2.47. The molecule has 0 saturated heterocycles. The summed E-state index contributed by atoms with van der Waals surface area (Å²) in [4.78, 5) is 12.1. The lowest BCUT2D eigenvalue weighted by molar-refractivity contribution is -0.121. The van der Waals surface area contributed by atoms with Crippen LogP contribution in [0.1, 0.15) is 18.1 Å². The molecule has 0 spiro atoms. The number of nitrogens with one attached hydrogen (secondary N) is 1. The maximum absolute atomic E-state index is 12.8. The summed E-state index contributed by atoms with van der Waals surface area (Å²) in [6.07, 6.45) is 1.46. The average Bonchev–Trinajstić information content (AvgIpc) is 2.69. The first-order chi connectivity index (χ1) is 13.8. The van der Waals surface area contributed by atoms with Crippen LogP contribution < -0.4 is 14.9 Å². The number of aryl methyl sites for hydroxylation is 1. The van der Waals surface area contributed by atoms with Crippen molar-refractivity contribution < 1.29 is 22.7 Å². The van der Waals surface area contributed by atoms with Crippen LogP contribution in [0.4, 0.5) is 0 Å². The fourth-order valence-corrected chi connectivity index (χ4v) is 3.83. The summed E-state index contributed by atoms with van der Waals surface area (Å²) in [7, 11) is -1.18. The van der Waals surface area contributed by atoms with E-state index in [1.54, 1.807) is 43.3 Å². The van der Waals surface area contributed by atoms with Crippen LogP contribution in [0.25, 0.3) is 0 Å². The SMILES string of the molecule is CCOc1ccc(C=NNC(=O)CN(C)S(=O)(=O)c2cc(C)ccc2OC)cc1. The number of carbonyl (C=O) groups excluding carboxylic acids is 1. The summed E-state index contributed by atoms with van der Waals surface area (Å²) >= 11 is 0. The molecule has 0 fully saturated rings. The highest BCUT2D eigenvalue weighted by Crippen LogP contribution is 2.27. The molecule has 0 heterocycles. The Kier molecular flexibility index (Phi) is 7.74. The van der Waals surface area contributed by atoms with Crippen LogP contribution in [0.15, 0.2) is 52.5 Å². The number of likely N-dealkylation sites (N-methyl/N-ethyl adjacent to an activating group) is 1. The second-order valence-electron chi connectivity index (χ2n) is 6.21. The van der Waals surface area contributed by atoms with E-state index in [2.05, 4.69) is 10.5 Å². The van der Waals surface area contributed by atoms with E-state index in [0.29, 0.717) is 6.61 Å². The van der Waals surface area contributed by atoms with Crippen molar-refractivity contribution in [2.45, 2.75) is 18.7 Å². The summed E-state index contributed by atoms with van der Waals surface area (Å²) in [5.74, 6) is 0.397. The molecule has 0 aromatic heterocycles. The highest BCUT2D eigenvalue weighted by atomic mass is 32.2. The Labute approximate surface area is 171 Å². The third-order valence-corrected chi connectivity index (χ3v) is 5.79. The minimum absolute atomic E-state index is 0.00758. The van der Waals surface area contributed by atoms with Gasteiger partial charge in [-0.25, -0.2) is 13.8 Å². The number of carbonyl (C=O) groups is 1. The Morgan fingerprint density at radius 1 is 1.21 bits per heavy atom. The molecule has 0 unspecified atom stereocenters. The van der Waals surface area contributed by atoms with Crippen molar-refractivity contribution in [3.05, 3.63) is 53.6 Å². The third-order valence-electron chi connectivity index (χ3n) is 3.97. The quantitative estimate of drug-likeness (QED) is 0.496. The molecule has 9 heteroatoms. The van der Waals surface area contributed by atoms with Gasteiger partial charge in [0.25, 0.3) is 5.91 Å². The predicted octanol–water partition coefficient (Wildman–Crippen LogP) is 2.17. The number of rotatable bonds is 9. The van der Waals surface area contributed by atoms with E-state index in [9.17, 15) is 13.2 Å². The van der Waals surface area contributed by atoms with Gasteiger partial charge in [0.05, 0.1) is 26.5 Å². The smallest absolute Gasteiger partial charge is 0.255 e. The van der Waals surface area contributed by atoms with E-state index in [4.69, 9.17) is 9.47 Å². The van der Waals surface area contributed by atoms with Crippen molar-refractivity contribution in [3.8, 4) is 11.5 Å². The average molecular weight is 420 g/mol. The Balaban J connectivity index is 2.00. The molecule has 0 saturated carbocycles. The lowest BCUT2D eigenvalue weighted by Gasteiger charge is -2.18. The number of methoxy groups -OCH3 is 1. The van der Waals surface area contributed by atoms with Crippen molar-refractivity contribution >= 4 is 22.1 Å². The summed E-state index contributed by atoms with van der Waals surface area (Å²) < 4.78 is 37.0. The zero-order chi connectivity index (χ0) is 21.4. The number of ether oxygens (including phenoxy) is 2. The topological polar surface area (TPSA) is 97.3 Å². The van der Waals surface area contributed by atoms with Crippen LogP contribution in [0.3, 0.4) is 0 Å². The molecule has 1 N–H and O–H groups in total. The first kappa shape index (κ1) is 22.4. The molecule has 1 amide bonds. The summed E-state index contributed by atoms with van der Waals surface area (Å²) in [5, 5.41) is 3.86. The fraction of sp³-hybridized carbons (Fsp3) is 0.300. The Morgan fingerprint density at radius 2 is 1.90 bits per heavy atom. The first-order valence-electron chi connectivity index (χ1n) is 8.93. The predicted molar refractivity (Wildman–Crippen MR) is 111 cm³/mol. The zero-order valence-electron chi connectivity index (χ0n) is 16.9. The number of benzene rings is 2. The minimum Gasteiger partial charge on any atom is -0.495 e. The number of amides is 1. The molecular weight excluding hydrogens is 394 g/mol. The second-order valence-corrected chi connectivity index (χ2v) is 8.22. The highest BCUT2D eigenvalue weighted by molar-refractivity contribution is 7.89. The summed E-state index contributed by atoms with van der Waals surface area (Å²) in [6, 6.07) is 12.0. The zero-order valence-corrected chi connectivity index (χ0v) is 17.7. The molecule has 0 atom stereocenters. The third kappa shape index (κ3) is 6.03. The lowest BCUT2D eigenvalue weighted by atomic mass is 10.2.